The van der Waals surface area contributed by atoms with Crippen molar-refractivity contribution < 1.29 is 10.2 Å². The lowest BCUT2D eigenvalue weighted by Gasteiger charge is -2.37. The van der Waals surface area contributed by atoms with E-state index < -0.39 is 5.41 Å². The molecule has 0 radical (unpaired) electrons. The van der Waals surface area contributed by atoms with Crippen LogP contribution in [0.15, 0.2) is 115 Å². The molecule has 0 saturated heterocycles. The third-order valence-electron chi connectivity index (χ3n) is 7.74. The fourth-order valence-corrected chi connectivity index (χ4v) is 5.59. The maximum absolute atomic E-state index is 10.9. The van der Waals surface area contributed by atoms with Crippen molar-refractivity contribution in [2.45, 2.75) is 32.6 Å². The molecular weight excluding hydrogens is 452 g/mol. The lowest BCUT2D eigenvalue weighted by molar-refractivity contribution is 0.475. The summed E-state index contributed by atoms with van der Waals surface area (Å²) in [5.74, 6) is 0.521. The Labute approximate surface area is 219 Å². The monoisotopic (exact) mass is 484 g/mol. The van der Waals surface area contributed by atoms with Crippen molar-refractivity contribution in [3.8, 4) is 33.8 Å². The Bertz CT molecular complexity index is 1450. The van der Waals surface area contributed by atoms with Gasteiger partial charge in [-0.1, -0.05) is 97.9 Å². The van der Waals surface area contributed by atoms with Gasteiger partial charge in [-0.15, -0.1) is 0 Å². The van der Waals surface area contributed by atoms with Crippen LogP contribution in [0.5, 0.6) is 11.5 Å². The lowest BCUT2D eigenvalue weighted by Crippen LogP contribution is -2.30. The Morgan fingerprint density at radius 1 is 0.568 bits per heavy atom. The molecule has 2 heteroatoms. The van der Waals surface area contributed by atoms with Gasteiger partial charge in [-0.25, -0.2) is 0 Å². The highest BCUT2D eigenvalue weighted by molar-refractivity contribution is 5.75. The molecule has 0 atom stereocenters. The Hall–Kier alpha value is -4.30. The van der Waals surface area contributed by atoms with E-state index in [9.17, 15) is 10.2 Å². The number of hydrogen-bond donors (Lipinski definition) is 2. The van der Waals surface area contributed by atoms with Crippen molar-refractivity contribution >= 4 is 0 Å². The summed E-state index contributed by atoms with van der Waals surface area (Å²) in [7, 11) is 0. The Balaban J connectivity index is 1.83. The topological polar surface area (TPSA) is 40.5 Å². The van der Waals surface area contributed by atoms with Crippen molar-refractivity contribution in [3.63, 3.8) is 0 Å². The number of phenolic OH excluding ortho intramolecular Hbond substituents is 2. The molecule has 0 fully saturated rings. The molecule has 5 aromatic carbocycles. The summed E-state index contributed by atoms with van der Waals surface area (Å²) >= 11 is 0. The largest absolute Gasteiger partial charge is 0.507 e. The van der Waals surface area contributed by atoms with E-state index in [-0.39, 0.29) is 11.5 Å². The van der Waals surface area contributed by atoms with Gasteiger partial charge in [0, 0.05) is 16.5 Å². The fraction of sp³-hybridized carbons (Fsp3) is 0.143. The van der Waals surface area contributed by atoms with Crippen molar-refractivity contribution in [1.82, 2.24) is 0 Å². The first-order valence-electron chi connectivity index (χ1n) is 12.8. The zero-order chi connectivity index (χ0) is 26.0. The molecule has 0 aliphatic heterocycles. The van der Waals surface area contributed by atoms with Crippen LogP contribution in [0, 0.1) is 13.8 Å². The zero-order valence-electron chi connectivity index (χ0n) is 21.6. The van der Waals surface area contributed by atoms with E-state index in [4.69, 9.17) is 0 Å². The van der Waals surface area contributed by atoms with E-state index in [1.807, 2.05) is 84.9 Å². The van der Waals surface area contributed by atoms with E-state index in [1.165, 1.54) is 16.7 Å². The van der Waals surface area contributed by atoms with Gasteiger partial charge >= 0.3 is 0 Å². The van der Waals surface area contributed by atoms with Gasteiger partial charge in [0.15, 0.2) is 0 Å². The summed E-state index contributed by atoms with van der Waals surface area (Å²) in [5, 5.41) is 21.7. The molecule has 0 aliphatic rings. The molecule has 0 bridgehead atoms. The maximum Gasteiger partial charge on any atom is 0.123 e. The standard InChI is InChI=1S/C35H32O2/c1-4-35(32-17-11-12-24(2)25(32)3,28-18-20-33(36)30(22-28)26-13-7-5-8-14-26)29-19-21-34(37)31(23-29)27-15-9-6-10-16-27/h5-23,36-37H,4H2,1-3H3. The molecule has 37 heavy (non-hydrogen) atoms. The van der Waals surface area contributed by atoms with Gasteiger partial charge in [0.2, 0.25) is 0 Å². The molecule has 184 valence electrons. The molecule has 0 saturated carbocycles. The summed E-state index contributed by atoms with van der Waals surface area (Å²) in [5.41, 5.74) is 8.98. The van der Waals surface area contributed by atoms with Crippen molar-refractivity contribution in [1.29, 1.82) is 0 Å². The van der Waals surface area contributed by atoms with Crippen molar-refractivity contribution in [3.05, 3.63) is 143 Å². The minimum Gasteiger partial charge on any atom is -0.507 e. The van der Waals surface area contributed by atoms with Crippen LogP contribution in [0.1, 0.15) is 41.2 Å². The van der Waals surface area contributed by atoms with Crippen molar-refractivity contribution in [2.24, 2.45) is 0 Å². The van der Waals surface area contributed by atoms with E-state index >= 15 is 0 Å². The second kappa shape index (κ2) is 9.99. The molecule has 5 rings (SSSR count). The number of phenols is 2. The molecule has 5 aromatic rings. The van der Waals surface area contributed by atoms with Crippen LogP contribution in [0.25, 0.3) is 22.3 Å². The molecule has 2 N–H and O–H groups in total. The summed E-state index contributed by atoms with van der Waals surface area (Å²) in [6.45, 7) is 6.55. The first kappa shape index (κ1) is 24.4. The second-order valence-electron chi connectivity index (χ2n) is 9.70. The van der Waals surface area contributed by atoms with Crippen LogP contribution in [0.2, 0.25) is 0 Å². The first-order chi connectivity index (χ1) is 18.0. The first-order valence-corrected chi connectivity index (χ1v) is 12.8. The predicted octanol–water partition coefficient (Wildman–Crippen LogP) is 8.79. The van der Waals surface area contributed by atoms with Gasteiger partial charge in [0.25, 0.3) is 0 Å². The van der Waals surface area contributed by atoms with Gasteiger partial charge in [-0.05, 0) is 83.5 Å². The highest BCUT2D eigenvalue weighted by atomic mass is 16.3. The Morgan fingerprint density at radius 3 is 1.51 bits per heavy atom. The number of rotatable bonds is 6. The highest BCUT2D eigenvalue weighted by Gasteiger charge is 2.37. The minimum atomic E-state index is -0.495. The van der Waals surface area contributed by atoms with Crippen molar-refractivity contribution in [2.75, 3.05) is 0 Å². The van der Waals surface area contributed by atoms with Crippen LogP contribution in [0.4, 0.5) is 0 Å². The van der Waals surface area contributed by atoms with E-state index in [0.717, 1.165) is 39.8 Å². The van der Waals surface area contributed by atoms with Gasteiger partial charge in [-0.3, -0.25) is 0 Å². The number of aromatic hydroxyl groups is 2. The predicted molar refractivity (Wildman–Crippen MR) is 153 cm³/mol. The molecule has 0 aromatic heterocycles. The van der Waals surface area contributed by atoms with Crippen LogP contribution in [0.3, 0.4) is 0 Å². The van der Waals surface area contributed by atoms with E-state index in [1.54, 1.807) is 0 Å². The van der Waals surface area contributed by atoms with Gasteiger partial charge < -0.3 is 10.2 Å². The quantitative estimate of drug-likeness (QED) is 0.236. The minimum absolute atomic E-state index is 0.261. The van der Waals surface area contributed by atoms with Crippen LogP contribution in [-0.4, -0.2) is 10.2 Å². The summed E-state index contributed by atoms with van der Waals surface area (Å²) in [6.07, 6.45) is 0.801. The Kier molecular flexibility index (Phi) is 6.58. The molecule has 2 nitrogen and oxygen atoms in total. The van der Waals surface area contributed by atoms with Gasteiger partial charge in [0.05, 0.1) is 0 Å². The van der Waals surface area contributed by atoms with Crippen LogP contribution >= 0.6 is 0 Å². The molecule has 0 spiro atoms. The maximum atomic E-state index is 10.9. The summed E-state index contributed by atoms with van der Waals surface area (Å²) in [4.78, 5) is 0. The summed E-state index contributed by atoms with van der Waals surface area (Å²) in [6, 6.07) is 38.5. The fourth-order valence-electron chi connectivity index (χ4n) is 5.59. The number of benzene rings is 5. The summed E-state index contributed by atoms with van der Waals surface area (Å²) < 4.78 is 0. The SMILES string of the molecule is CCC(c1ccc(O)c(-c2ccccc2)c1)(c1ccc(O)c(-c2ccccc2)c1)c1cccc(C)c1C. The molecule has 0 unspecified atom stereocenters. The highest BCUT2D eigenvalue weighted by Crippen LogP contribution is 2.47. The lowest BCUT2D eigenvalue weighted by atomic mass is 9.65. The smallest absolute Gasteiger partial charge is 0.123 e. The molecular formula is C35H32O2. The zero-order valence-corrected chi connectivity index (χ0v) is 21.6. The third kappa shape index (κ3) is 4.29. The normalized spacial score (nSPS) is 11.4. The molecule has 0 aliphatic carbocycles. The van der Waals surface area contributed by atoms with Gasteiger partial charge in [-0.2, -0.15) is 0 Å². The van der Waals surface area contributed by atoms with E-state index in [2.05, 4.69) is 51.1 Å². The van der Waals surface area contributed by atoms with Crippen LogP contribution in [-0.2, 0) is 5.41 Å². The Morgan fingerprint density at radius 2 is 1.05 bits per heavy atom. The second-order valence-corrected chi connectivity index (χ2v) is 9.70. The van der Waals surface area contributed by atoms with Crippen LogP contribution < -0.4 is 0 Å². The molecule has 0 heterocycles. The van der Waals surface area contributed by atoms with Gasteiger partial charge in [0.1, 0.15) is 11.5 Å². The average molecular weight is 485 g/mol. The number of hydrogen-bond acceptors (Lipinski definition) is 2. The van der Waals surface area contributed by atoms with E-state index in [0.29, 0.717) is 0 Å². The number of aryl methyl sites for hydroxylation is 1. The molecule has 0 amide bonds. The third-order valence-corrected chi connectivity index (χ3v) is 7.74. The average Bonchev–Trinajstić information content (AvgIpc) is 2.94.